The van der Waals surface area contributed by atoms with Crippen molar-refractivity contribution in [1.82, 2.24) is 25.0 Å². The summed E-state index contributed by atoms with van der Waals surface area (Å²) in [6.45, 7) is 7.30. The highest BCUT2D eigenvalue weighted by Gasteiger charge is 2.43. The van der Waals surface area contributed by atoms with Gasteiger partial charge in [-0.05, 0) is 37.1 Å². The van der Waals surface area contributed by atoms with Crippen LogP contribution in [0.15, 0.2) is 45.3 Å². The first-order valence-corrected chi connectivity index (χ1v) is 12.1. The summed E-state index contributed by atoms with van der Waals surface area (Å²) < 4.78 is 11.4. The van der Waals surface area contributed by atoms with Crippen LogP contribution in [0.25, 0.3) is 22.6 Å². The van der Waals surface area contributed by atoms with Gasteiger partial charge in [-0.15, -0.1) is 0 Å². The van der Waals surface area contributed by atoms with E-state index in [1.165, 1.54) is 0 Å². The largest absolute Gasteiger partial charge is 0.422 e. The number of fused-ring (bicyclic) bond motifs is 3. The quantitative estimate of drug-likeness (QED) is 0.379. The molecule has 3 aromatic heterocycles. The number of carbonyl (C=O) groups excluding carboxylic acids is 1. The molecule has 10 heteroatoms. The van der Waals surface area contributed by atoms with Crippen LogP contribution >= 0.6 is 11.6 Å². The molecule has 2 fully saturated rings. The van der Waals surface area contributed by atoms with Crippen LogP contribution in [-0.2, 0) is 5.41 Å². The number of halogens is 1. The zero-order valence-electron chi connectivity index (χ0n) is 19.7. The van der Waals surface area contributed by atoms with Gasteiger partial charge in [0, 0.05) is 29.6 Å². The molecule has 2 atom stereocenters. The van der Waals surface area contributed by atoms with E-state index in [2.05, 4.69) is 25.0 Å². The van der Waals surface area contributed by atoms with E-state index >= 15 is 0 Å². The van der Waals surface area contributed by atoms with E-state index in [0.29, 0.717) is 52.8 Å². The Labute approximate surface area is 207 Å². The second kappa shape index (κ2) is 8.05. The highest BCUT2D eigenvalue weighted by Crippen LogP contribution is 2.36. The number of hydrogen-bond acceptors (Lipinski definition) is 8. The predicted octanol–water partition coefficient (Wildman–Crippen LogP) is 4.72. The van der Waals surface area contributed by atoms with E-state index in [0.717, 1.165) is 18.4 Å². The zero-order chi connectivity index (χ0) is 24.3. The topological polar surface area (TPSA) is 101 Å². The van der Waals surface area contributed by atoms with E-state index in [4.69, 9.17) is 20.5 Å². The second-order valence-corrected chi connectivity index (χ2v) is 10.6. The van der Waals surface area contributed by atoms with Crippen LogP contribution in [0.5, 0.6) is 0 Å². The molecule has 5 heterocycles. The maximum atomic E-state index is 13.3. The molecule has 1 aromatic carbocycles. The molecule has 0 aliphatic carbocycles. The molecular formula is C25H25ClN6O3. The van der Waals surface area contributed by atoms with Gasteiger partial charge in [-0.2, -0.15) is 9.97 Å². The number of rotatable bonds is 3. The van der Waals surface area contributed by atoms with Crippen molar-refractivity contribution in [3.05, 3.63) is 53.0 Å². The average molecular weight is 493 g/mol. The molecule has 0 N–H and O–H groups in total. The molecule has 180 valence electrons. The number of aromatic nitrogens is 4. The molecule has 0 radical (unpaired) electrons. The number of benzene rings is 1. The number of pyridine rings is 1. The smallest absolute Gasteiger partial charge is 0.300 e. The fourth-order valence-corrected chi connectivity index (χ4v) is 5.01. The summed E-state index contributed by atoms with van der Waals surface area (Å²) >= 11 is 6.00. The highest BCUT2D eigenvalue weighted by atomic mass is 35.5. The average Bonchev–Trinajstić information content (AvgIpc) is 3.54. The van der Waals surface area contributed by atoms with Crippen LogP contribution in [-0.4, -0.2) is 56.1 Å². The fraction of sp³-hybridized carbons (Fsp3) is 0.400. The summed E-state index contributed by atoms with van der Waals surface area (Å²) in [6, 6.07) is 11.7. The van der Waals surface area contributed by atoms with Gasteiger partial charge < -0.3 is 18.7 Å². The van der Waals surface area contributed by atoms with Gasteiger partial charge in [0.25, 0.3) is 5.91 Å². The molecule has 6 rings (SSSR count). The third kappa shape index (κ3) is 3.93. The summed E-state index contributed by atoms with van der Waals surface area (Å²) in [5.74, 6) is 1.12. The van der Waals surface area contributed by atoms with Gasteiger partial charge in [0.1, 0.15) is 5.15 Å². The van der Waals surface area contributed by atoms with Crippen LogP contribution in [0.1, 0.15) is 49.9 Å². The Morgan fingerprint density at radius 2 is 1.71 bits per heavy atom. The van der Waals surface area contributed by atoms with Crippen LogP contribution in [0.3, 0.4) is 0 Å². The Hall–Kier alpha value is -3.46. The maximum absolute atomic E-state index is 13.3. The minimum Gasteiger partial charge on any atom is -0.422 e. The summed E-state index contributed by atoms with van der Waals surface area (Å²) in [4.78, 5) is 30.7. The number of nitrogens with zero attached hydrogens (tertiary/aromatic N) is 6. The van der Waals surface area contributed by atoms with Gasteiger partial charge in [0.2, 0.25) is 17.4 Å². The molecule has 2 bridgehead atoms. The molecule has 2 aliphatic heterocycles. The third-order valence-corrected chi connectivity index (χ3v) is 6.87. The van der Waals surface area contributed by atoms with Gasteiger partial charge in [0.05, 0.1) is 12.1 Å². The molecule has 1 amide bonds. The van der Waals surface area contributed by atoms with Crippen molar-refractivity contribution in [3.63, 3.8) is 0 Å². The standard InChI is InChI=1S/C25H25ClN6O3/c1-25(2,3)23-28-20(30-35-23)14-4-6-15(7-5-14)22(33)31-12-16-8-9-17(13-31)32(16)24-29-21-18(34-24)10-11-19(26)27-21/h4-7,10-11,16-17H,8-9,12-13H2,1-3H3. The molecule has 2 aliphatic rings. The van der Waals surface area contributed by atoms with Crippen LogP contribution < -0.4 is 4.90 Å². The van der Waals surface area contributed by atoms with Gasteiger partial charge in [0.15, 0.2) is 5.58 Å². The van der Waals surface area contributed by atoms with Crippen molar-refractivity contribution in [2.75, 3.05) is 18.0 Å². The first-order valence-electron chi connectivity index (χ1n) is 11.7. The molecule has 35 heavy (non-hydrogen) atoms. The summed E-state index contributed by atoms with van der Waals surface area (Å²) in [6.07, 6.45) is 1.96. The minimum atomic E-state index is -0.218. The lowest BCUT2D eigenvalue weighted by Gasteiger charge is -2.40. The number of oxazole rings is 1. The first-order chi connectivity index (χ1) is 16.8. The highest BCUT2D eigenvalue weighted by molar-refractivity contribution is 6.29. The predicted molar refractivity (Wildman–Crippen MR) is 130 cm³/mol. The third-order valence-electron chi connectivity index (χ3n) is 6.66. The lowest BCUT2D eigenvalue weighted by molar-refractivity contribution is 0.0715. The number of carbonyl (C=O) groups is 1. The van der Waals surface area contributed by atoms with E-state index in [-0.39, 0.29) is 23.4 Å². The van der Waals surface area contributed by atoms with Gasteiger partial charge >= 0.3 is 6.01 Å². The normalized spacial score (nSPS) is 20.1. The van der Waals surface area contributed by atoms with Crippen LogP contribution in [0, 0.1) is 0 Å². The lowest BCUT2D eigenvalue weighted by Crippen LogP contribution is -2.55. The van der Waals surface area contributed by atoms with Crippen LogP contribution in [0.4, 0.5) is 6.01 Å². The number of hydrogen-bond donors (Lipinski definition) is 0. The van der Waals surface area contributed by atoms with E-state index in [1.54, 1.807) is 12.1 Å². The Morgan fingerprint density at radius 3 is 2.37 bits per heavy atom. The lowest BCUT2D eigenvalue weighted by atomic mass is 9.97. The molecule has 2 unspecified atom stereocenters. The monoisotopic (exact) mass is 492 g/mol. The number of amides is 1. The summed E-state index contributed by atoms with van der Waals surface area (Å²) in [5, 5.41) is 4.47. The van der Waals surface area contributed by atoms with E-state index < -0.39 is 0 Å². The van der Waals surface area contributed by atoms with Crippen LogP contribution in [0.2, 0.25) is 5.15 Å². The fourth-order valence-electron chi connectivity index (χ4n) is 4.87. The molecule has 0 spiro atoms. The van der Waals surface area contributed by atoms with Crippen molar-refractivity contribution in [1.29, 1.82) is 0 Å². The molecule has 2 saturated heterocycles. The van der Waals surface area contributed by atoms with E-state index in [1.807, 2.05) is 49.9 Å². The number of likely N-dealkylation sites (tertiary alicyclic amines) is 1. The molecular weight excluding hydrogens is 468 g/mol. The number of anilines is 1. The van der Waals surface area contributed by atoms with Gasteiger partial charge in [-0.1, -0.05) is 49.7 Å². The minimum absolute atomic E-state index is 0.0163. The second-order valence-electron chi connectivity index (χ2n) is 10.2. The first kappa shape index (κ1) is 22.0. The Balaban J connectivity index is 1.18. The van der Waals surface area contributed by atoms with Crippen molar-refractivity contribution in [2.24, 2.45) is 0 Å². The Bertz CT molecular complexity index is 1390. The Morgan fingerprint density at radius 1 is 1.00 bits per heavy atom. The SMILES string of the molecule is CC(C)(C)c1nc(-c2ccc(C(=O)N3CC4CCC(C3)N4c3nc4nc(Cl)ccc4o3)cc2)no1. The van der Waals surface area contributed by atoms with Crippen molar-refractivity contribution < 1.29 is 13.7 Å². The zero-order valence-corrected chi connectivity index (χ0v) is 20.5. The van der Waals surface area contributed by atoms with Crippen molar-refractivity contribution in [2.45, 2.75) is 51.1 Å². The Kier molecular flexibility index (Phi) is 5.07. The van der Waals surface area contributed by atoms with E-state index in [9.17, 15) is 4.79 Å². The van der Waals surface area contributed by atoms with Gasteiger partial charge in [-0.3, -0.25) is 4.79 Å². The molecule has 9 nitrogen and oxygen atoms in total. The molecule has 0 saturated carbocycles. The maximum Gasteiger partial charge on any atom is 0.300 e. The summed E-state index contributed by atoms with van der Waals surface area (Å²) in [5.41, 5.74) is 2.35. The van der Waals surface area contributed by atoms with Gasteiger partial charge in [-0.25, -0.2) is 4.98 Å². The molecule has 4 aromatic rings. The van der Waals surface area contributed by atoms with Crippen molar-refractivity contribution in [3.8, 4) is 11.4 Å². The van der Waals surface area contributed by atoms with Crippen molar-refractivity contribution >= 4 is 34.8 Å². The summed E-state index contributed by atoms with van der Waals surface area (Å²) in [7, 11) is 0. The number of piperazine rings is 1.